The lowest BCUT2D eigenvalue weighted by atomic mass is 9.98. The molecule has 1 aromatic carbocycles. The Morgan fingerprint density at radius 1 is 0.957 bits per heavy atom. The van der Waals surface area contributed by atoms with Gasteiger partial charge in [0.25, 0.3) is 11.8 Å². The molecule has 1 aliphatic rings. The topological polar surface area (TPSA) is 104 Å². The summed E-state index contributed by atoms with van der Waals surface area (Å²) in [6.07, 6.45) is 3.96. The zero-order valence-corrected chi connectivity index (χ0v) is 12.8. The first-order chi connectivity index (χ1) is 11.2. The maximum absolute atomic E-state index is 6.40. The number of nitrogens with zero attached hydrogens (tertiary/aromatic N) is 4. The molecule has 2 heterocycles. The summed E-state index contributed by atoms with van der Waals surface area (Å²) >= 11 is 0. The molecule has 7 heteroatoms. The number of aryl methyl sites for hydroxylation is 1. The highest BCUT2D eigenvalue weighted by atomic mass is 16.5. The van der Waals surface area contributed by atoms with Crippen LogP contribution in [0.5, 0.6) is 0 Å². The maximum Gasteiger partial charge on any atom is 0.258 e. The second-order valence-electron chi connectivity index (χ2n) is 5.98. The van der Waals surface area contributed by atoms with Gasteiger partial charge >= 0.3 is 0 Å². The van der Waals surface area contributed by atoms with Gasteiger partial charge in [-0.25, -0.2) is 0 Å². The number of aromatic nitrogens is 4. The van der Waals surface area contributed by atoms with Gasteiger partial charge in [-0.2, -0.15) is 9.97 Å². The summed E-state index contributed by atoms with van der Waals surface area (Å²) in [4.78, 5) is 8.81. The van der Waals surface area contributed by atoms with Crippen molar-refractivity contribution in [3.63, 3.8) is 0 Å². The van der Waals surface area contributed by atoms with Crippen molar-refractivity contribution < 1.29 is 9.05 Å². The summed E-state index contributed by atoms with van der Waals surface area (Å²) in [5.41, 5.74) is 7.45. The molecule has 0 saturated heterocycles. The molecule has 1 aliphatic carbocycles. The first-order valence-electron chi connectivity index (χ1n) is 7.69. The summed E-state index contributed by atoms with van der Waals surface area (Å²) in [6, 6.07) is 7.58. The van der Waals surface area contributed by atoms with E-state index in [9.17, 15) is 0 Å². The van der Waals surface area contributed by atoms with Crippen LogP contribution in [-0.4, -0.2) is 20.3 Å². The molecule has 3 aromatic rings. The fraction of sp³-hybridized carbons (Fsp3) is 0.375. The Balaban J connectivity index is 1.76. The highest BCUT2D eigenvalue weighted by molar-refractivity contribution is 5.75. The van der Waals surface area contributed by atoms with Crippen LogP contribution in [0.2, 0.25) is 0 Å². The van der Waals surface area contributed by atoms with Crippen molar-refractivity contribution in [3.05, 3.63) is 35.9 Å². The third-order valence-corrected chi connectivity index (χ3v) is 4.28. The predicted molar refractivity (Wildman–Crippen MR) is 82.1 cm³/mol. The van der Waals surface area contributed by atoms with Gasteiger partial charge in [-0.1, -0.05) is 35.3 Å². The fourth-order valence-corrected chi connectivity index (χ4v) is 3.03. The van der Waals surface area contributed by atoms with Crippen molar-refractivity contribution in [2.24, 2.45) is 5.73 Å². The van der Waals surface area contributed by atoms with Crippen LogP contribution in [-0.2, 0) is 5.54 Å². The maximum atomic E-state index is 6.40. The van der Waals surface area contributed by atoms with Gasteiger partial charge in [0.15, 0.2) is 11.6 Å². The first-order valence-corrected chi connectivity index (χ1v) is 7.69. The van der Waals surface area contributed by atoms with Crippen molar-refractivity contribution in [2.45, 2.75) is 38.1 Å². The van der Waals surface area contributed by atoms with Gasteiger partial charge in [-0.15, -0.1) is 0 Å². The first kappa shape index (κ1) is 14.1. The summed E-state index contributed by atoms with van der Waals surface area (Å²) in [5.74, 6) is 2.00. The second-order valence-corrected chi connectivity index (χ2v) is 5.98. The molecular formula is C16H17N5O2. The summed E-state index contributed by atoms with van der Waals surface area (Å²) < 4.78 is 10.7. The molecule has 0 amide bonds. The number of rotatable bonds is 3. The van der Waals surface area contributed by atoms with Crippen LogP contribution < -0.4 is 5.73 Å². The molecule has 1 fully saturated rings. The summed E-state index contributed by atoms with van der Waals surface area (Å²) in [5, 5.41) is 7.94. The Labute approximate surface area is 132 Å². The van der Waals surface area contributed by atoms with E-state index in [1.807, 2.05) is 24.3 Å². The van der Waals surface area contributed by atoms with Crippen LogP contribution >= 0.6 is 0 Å². The van der Waals surface area contributed by atoms with E-state index in [1.54, 1.807) is 6.92 Å². The largest absolute Gasteiger partial charge is 0.334 e. The van der Waals surface area contributed by atoms with E-state index in [1.165, 1.54) is 0 Å². The van der Waals surface area contributed by atoms with E-state index >= 15 is 0 Å². The molecule has 2 aromatic heterocycles. The van der Waals surface area contributed by atoms with E-state index in [0.717, 1.165) is 36.8 Å². The van der Waals surface area contributed by atoms with Crippen LogP contribution in [0.25, 0.3) is 22.9 Å². The normalized spacial score (nSPS) is 16.8. The highest BCUT2D eigenvalue weighted by Gasteiger charge is 2.36. The average Bonchev–Trinajstić information content (AvgIpc) is 3.28. The van der Waals surface area contributed by atoms with E-state index in [0.29, 0.717) is 23.4 Å². The van der Waals surface area contributed by atoms with Gasteiger partial charge in [0.1, 0.15) is 0 Å². The Kier molecular flexibility index (Phi) is 3.23. The molecular weight excluding hydrogens is 294 g/mol. The van der Waals surface area contributed by atoms with Crippen molar-refractivity contribution in [1.82, 2.24) is 20.3 Å². The van der Waals surface area contributed by atoms with E-state index in [2.05, 4.69) is 20.3 Å². The lowest BCUT2D eigenvalue weighted by Gasteiger charge is -2.17. The van der Waals surface area contributed by atoms with Crippen LogP contribution in [0, 0.1) is 6.92 Å². The van der Waals surface area contributed by atoms with Crippen molar-refractivity contribution in [2.75, 3.05) is 0 Å². The van der Waals surface area contributed by atoms with Crippen molar-refractivity contribution in [3.8, 4) is 22.9 Å². The van der Waals surface area contributed by atoms with Crippen LogP contribution in [0.3, 0.4) is 0 Å². The number of hydrogen-bond acceptors (Lipinski definition) is 7. The zero-order valence-electron chi connectivity index (χ0n) is 12.8. The van der Waals surface area contributed by atoms with Gasteiger partial charge in [0.05, 0.1) is 16.7 Å². The number of nitrogens with two attached hydrogens (primary N) is 1. The van der Waals surface area contributed by atoms with Gasteiger partial charge in [-0.05, 0) is 31.9 Å². The van der Waals surface area contributed by atoms with E-state index in [-0.39, 0.29) is 0 Å². The average molecular weight is 311 g/mol. The minimum absolute atomic E-state index is 0.420. The van der Waals surface area contributed by atoms with Gasteiger partial charge in [0.2, 0.25) is 0 Å². The monoisotopic (exact) mass is 311 g/mol. The van der Waals surface area contributed by atoms with Crippen molar-refractivity contribution >= 4 is 0 Å². The number of benzene rings is 1. The van der Waals surface area contributed by atoms with E-state index < -0.39 is 5.54 Å². The summed E-state index contributed by atoms with van der Waals surface area (Å²) in [7, 11) is 0. The Hall–Kier alpha value is -2.54. The molecule has 0 spiro atoms. The molecule has 0 bridgehead atoms. The molecule has 2 N–H and O–H groups in total. The molecule has 23 heavy (non-hydrogen) atoms. The molecule has 118 valence electrons. The van der Waals surface area contributed by atoms with Gasteiger partial charge in [-0.3, -0.25) is 0 Å². The molecule has 1 saturated carbocycles. The second kappa shape index (κ2) is 5.27. The fourth-order valence-electron chi connectivity index (χ4n) is 3.03. The smallest absolute Gasteiger partial charge is 0.258 e. The zero-order chi connectivity index (χ0) is 15.9. The molecule has 7 nitrogen and oxygen atoms in total. The lowest BCUT2D eigenvalue weighted by Crippen LogP contribution is -2.34. The molecule has 4 rings (SSSR count). The Bertz CT molecular complexity index is 832. The van der Waals surface area contributed by atoms with Crippen LogP contribution in [0.4, 0.5) is 0 Å². The third-order valence-electron chi connectivity index (χ3n) is 4.28. The van der Waals surface area contributed by atoms with Crippen molar-refractivity contribution in [1.29, 1.82) is 0 Å². The minimum atomic E-state index is -0.474. The van der Waals surface area contributed by atoms with Crippen LogP contribution in [0.1, 0.15) is 37.3 Å². The highest BCUT2D eigenvalue weighted by Crippen LogP contribution is 2.36. The molecule has 0 aliphatic heterocycles. The number of hydrogen-bond donors (Lipinski definition) is 1. The SMILES string of the molecule is Cc1noc(-c2ccccc2-c2nc(C3(N)CCCC3)no2)n1. The lowest BCUT2D eigenvalue weighted by molar-refractivity contribution is 0.372. The standard InChI is InChI=1S/C16H17N5O2/c1-10-18-13(22-20-10)11-6-2-3-7-12(11)14-19-15(21-23-14)16(17)8-4-5-9-16/h2-3,6-7H,4-5,8-9,17H2,1H3. The van der Waals surface area contributed by atoms with Gasteiger partial charge < -0.3 is 14.8 Å². The summed E-state index contributed by atoms with van der Waals surface area (Å²) in [6.45, 7) is 1.78. The minimum Gasteiger partial charge on any atom is -0.334 e. The predicted octanol–water partition coefficient (Wildman–Crippen LogP) is 2.82. The molecule has 0 unspecified atom stereocenters. The quantitative estimate of drug-likeness (QED) is 0.793. The molecule has 0 atom stereocenters. The third kappa shape index (κ3) is 2.43. The van der Waals surface area contributed by atoms with Gasteiger partial charge in [0, 0.05) is 0 Å². The Morgan fingerprint density at radius 2 is 1.57 bits per heavy atom. The molecule has 0 radical (unpaired) electrons. The Morgan fingerprint density at radius 3 is 2.17 bits per heavy atom. The van der Waals surface area contributed by atoms with E-state index in [4.69, 9.17) is 14.8 Å². The van der Waals surface area contributed by atoms with Crippen LogP contribution in [0.15, 0.2) is 33.3 Å².